The first-order chi connectivity index (χ1) is 14.7. The molecule has 0 unspecified atom stereocenters. The molecule has 1 N–H and O–H groups in total. The zero-order chi connectivity index (χ0) is 20.8. The third-order valence-corrected chi connectivity index (χ3v) is 5.61. The third-order valence-electron chi connectivity index (χ3n) is 4.86. The van der Waals surface area contributed by atoms with Crippen molar-refractivity contribution in [3.05, 3.63) is 65.4 Å². The summed E-state index contributed by atoms with van der Waals surface area (Å²) in [4.78, 5) is 41.6. The molecule has 0 bridgehead atoms. The normalized spacial score (nSPS) is 13.9. The first kappa shape index (κ1) is 20.0. The van der Waals surface area contributed by atoms with E-state index >= 15 is 0 Å². The van der Waals surface area contributed by atoms with Crippen LogP contribution in [0.4, 0.5) is 11.1 Å². The summed E-state index contributed by atoms with van der Waals surface area (Å²) in [6.45, 7) is 2.49. The minimum atomic E-state index is -0.121. The van der Waals surface area contributed by atoms with Gasteiger partial charge in [0.1, 0.15) is 5.69 Å². The zero-order valence-corrected chi connectivity index (χ0v) is 17.2. The van der Waals surface area contributed by atoms with Gasteiger partial charge in [0.15, 0.2) is 5.13 Å². The third kappa shape index (κ3) is 4.98. The van der Waals surface area contributed by atoms with E-state index in [1.54, 1.807) is 28.7 Å². The van der Waals surface area contributed by atoms with Gasteiger partial charge >= 0.3 is 0 Å². The van der Waals surface area contributed by atoms with Gasteiger partial charge in [-0.25, -0.2) is 15.0 Å². The van der Waals surface area contributed by atoms with Crippen molar-refractivity contribution in [2.75, 3.05) is 36.4 Å². The van der Waals surface area contributed by atoms with Crippen LogP contribution < -0.4 is 10.2 Å². The fourth-order valence-corrected chi connectivity index (χ4v) is 3.94. The number of rotatable bonds is 6. The monoisotopic (exact) mass is 422 g/mol. The molecule has 1 aliphatic heterocycles. The Morgan fingerprint density at radius 1 is 1.00 bits per heavy atom. The number of benzene rings is 1. The number of hydrogen-bond donors (Lipinski definition) is 1. The van der Waals surface area contributed by atoms with Crippen molar-refractivity contribution in [3.63, 3.8) is 0 Å². The average molecular weight is 423 g/mol. The van der Waals surface area contributed by atoms with Gasteiger partial charge in [0.2, 0.25) is 11.9 Å². The Hall–Kier alpha value is -3.33. The summed E-state index contributed by atoms with van der Waals surface area (Å²) in [6.07, 6.45) is 4.46. The van der Waals surface area contributed by atoms with E-state index in [0.29, 0.717) is 55.8 Å². The van der Waals surface area contributed by atoms with Crippen LogP contribution in [0.15, 0.2) is 54.2 Å². The van der Waals surface area contributed by atoms with Crippen LogP contribution in [0.3, 0.4) is 0 Å². The molecule has 1 aliphatic rings. The Morgan fingerprint density at radius 2 is 1.73 bits per heavy atom. The predicted molar refractivity (Wildman–Crippen MR) is 116 cm³/mol. The number of aryl methyl sites for hydroxylation is 1. The lowest BCUT2D eigenvalue weighted by Gasteiger charge is -2.34. The molecular weight excluding hydrogens is 400 g/mol. The summed E-state index contributed by atoms with van der Waals surface area (Å²) in [5.74, 6) is 0.451. The van der Waals surface area contributed by atoms with Crippen molar-refractivity contribution in [2.45, 2.75) is 12.8 Å². The number of nitrogens with zero attached hydrogens (tertiary/aromatic N) is 5. The Labute approximate surface area is 178 Å². The van der Waals surface area contributed by atoms with Gasteiger partial charge in [-0.05, 0) is 18.1 Å². The number of amides is 2. The number of carbonyl (C=O) groups excluding carboxylic acids is 2. The number of carbonyl (C=O) groups is 2. The molecule has 0 saturated carbocycles. The summed E-state index contributed by atoms with van der Waals surface area (Å²) < 4.78 is 0. The van der Waals surface area contributed by atoms with Crippen LogP contribution >= 0.6 is 11.3 Å². The fraction of sp³-hybridized carbons (Fsp3) is 0.286. The van der Waals surface area contributed by atoms with Crippen LogP contribution in [0, 0.1) is 0 Å². The summed E-state index contributed by atoms with van der Waals surface area (Å²) in [6, 6.07) is 11.6. The van der Waals surface area contributed by atoms with Crippen LogP contribution in [-0.4, -0.2) is 57.8 Å². The van der Waals surface area contributed by atoms with Crippen LogP contribution in [-0.2, 0) is 11.2 Å². The molecule has 154 valence electrons. The molecule has 2 aromatic heterocycles. The molecule has 4 rings (SSSR count). The molecule has 30 heavy (non-hydrogen) atoms. The maximum atomic E-state index is 12.8. The van der Waals surface area contributed by atoms with Gasteiger partial charge in [0.25, 0.3) is 5.91 Å². The lowest BCUT2D eigenvalue weighted by molar-refractivity contribution is -0.116. The van der Waals surface area contributed by atoms with Crippen LogP contribution in [0.25, 0.3) is 0 Å². The molecule has 3 aromatic rings. The highest BCUT2D eigenvalue weighted by atomic mass is 32.1. The smallest absolute Gasteiger partial charge is 0.273 e. The lowest BCUT2D eigenvalue weighted by atomic mass is 10.1. The second-order valence-electron chi connectivity index (χ2n) is 6.90. The highest BCUT2D eigenvalue weighted by Gasteiger charge is 2.25. The quantitative estimate of drug-likeness (QED) is 0.656. The van der Waals surface area contributed by atoms with E-state index in [0.717, 1.165) is 5.56 Å². The van der Waals surface area contributed by atoms with Gasteiger partial charge in [-0.1, -0.05) is 30.3 Å². The Balaban J connectivity index is 1.27. The summed E-state index contributed by atoms with van der Waals surface area (Å²) >= 11 is 1.27. The minimum absolute atomic E-state index is 0.108. The molecule has 0 atom stereocenters. The molecule has 2 amide bonds. The van der Waals surface area contributed by atoms with E-state index in [9.17, 15) is 9.59 Å². The zero-order valence-electron chi connectivity index (χ0n) is 16.4. The summed E-state index contributed by atoms with van der Waals surface area (Å²) in [5.41, 5.74) is 1.48. The molecule has 0 aliphatic carbocycles. The molecule has 3 heterocycles. The summed E-state index contributed by atoms with van der Waals surface area (Å²) in [5, 5.41) is 4.94. The number of anilines is 2. The number of thiazole rings is 1. The highest BCUT2D eigenvalue weighted by molar-refractivity contribution is 7.14. The standard InChI is InChI=1S/C21H22N6O2S/c28-18(8-7-16-5-2-1-3-6-16)25-21-24-17(15-30-21)19(29)26-11-13-27(14-12-26)20-22-9-4-10-23-20/h1-6,9-10,15H,7-8,11-14H2,(H,24,25,28). The fourth-order valence-electron chi connectivity index (χ4n) is 3.24. The number of piperazine rings is 1. The SMILES string of the molecule is O=C(CCc1ccccc1)Nc1nc(C(=O)N2CCN(c3ncccn3)CC2)cs1. The Morgan fingerprint density at radius 3 is 2.47 bits per heavy atom. The molecular formula is C21H22N6O2S. The summed E-state index contributed by atoms with van der Waals surface area (Å²) in [7, 11) is 0. The predicted octanol–water partition coefficient (Wildman–Crippen LogP) is 2.47. The second kappa shape index (κ2) is 9.45. The van der Waals surface area contributed by atoms with Gasteiger partial charge in [-0.3, -0.25) is 9.59 Å². The van der Waals surface area contributed by atoms with E-state index in [4.69, 9.17) is 0 Å². The topological polar surface area (TPSA) is 91.3 Å². The molecule has 8 nitrogen and oxygen atoms in total. The average Bonchev–Trinajstić information content (AvgIpc) is 3.27. The van der Waals surface area contributed by atoms with Crippen molar-refractivity contribution in [1.29, 1.82) is 0 Å². The highest BCUT2D eigenvalue weighted by Crippen LogP contribution is 2.19. The minimum Gasteiger partial charge on any atom is -0.337 e. The first-order valence-corrected chi connectivity index (χ1v) is 10.7. The van der Waals surface area contributed by atoms with Crippen molar-refractivity contribution in [1.82, 2.24) is 19.9 Å². The van der Waals surface area contributed by atoms with Crippen molar-refractivity contribution in [2.24, 2.45) is 0 Å². The van der Waals surface area contributed by atoms with E-state index in [1.165, 1.54) is 11.3 Å². The van der Waals surface area contributed by atoms with Gasteiger partial charge in [0, 0.05) is 50.4 Å². The molecule has 1 aromatic carbocycles. The Bertz CT molecular complexity index is 987. The van der Waals surface area contributed by atoms with E-state index in [2.05, 4.69) is 25.2 Å². The van der Waals surface area contributed by atoms with Gasteiger partial charge in [0.05, 0.1) is 0 Å². The van der Waals surface area contributed by atoms with Crippen molar-refractivity contribution < 1.29 is 9.59 Å². The lowest BCUT2D eigenvalue weighted by Crippen LogP contribution is -2.49. The largest absolute Gasteiger partial charge is 0.337 e. The van der Waals surface area contributed by atoms with Crippen LogP contribution in [0.1, 0.15) is 22.5 Å². The van der Waals surface area contributed by atoms with Gasteiger partial charge in [-0.2, -0.15) is 0 Å². The molecule has 0 radical (unpaired) electrons. The second-order valence-corrected chi connectivity index (χ2v) is 7.76. The van der Waals surface area contributed by atoms with E-state index in [-0.39, 0.29) is 11.8 Å². The van der Waals surface area contributed by atoms with Crippen molar-refractivity contribution >= 4 is 34.2 Å². The number of aromatic nitrogens is 3. The maximum Gasteiger partial charge on any atom is 0.273 e. The van der Waals surface area contributed by atoms with E-state index in [1.807, 2.05) is 30.3 Å². The number of hydrogen-bond acceptors (Lipinski definition) is 7. The van der Waals surface area contributed by atoms with Crippen LogP contribution in [0.5, 0.6) is 0 Å². The van der Waals surface area contributed by atoms with Gasteiger partial charge in [-0.15, -0.1) is 11.3 Å². The van der Waals surface area contributed by atoms with Crippen molar-refractivity contribution in [3.8, 4) is 0 Å². The van der Waals surface area contributed by atoms with E-state index < -0.39 is 0 Å². The van der Waals surface area contributed by atoms with Gasteiger partial charge < -0.3 is 15.1 Å². The Kier molecular flexibility index (Phi) is 6.29. The molecule has 1 fully saturated rings. The first-order valence-electron chi connectivity index (χ1n) is 9.79. The maximum absolute atomic E-state index is 12.8. The number of nitrogens with one attached hydrogen (secondary N) is 1. The molecule has 1 saturated heterocycles. The molecule has 9 heteroatoms. The van der Waals surface area contributed by atoms with Crippen LogP contribution in [0.2, 0.25) is 0 Å². The molecule has 0 spiro atoms.